The molecule has 27 heavy (non-hydrogen) atoms. The first-order chi connectivity index (χ1) is 12.8. The summed E-state index contributed by atoms with van der Waals surface area (Å²) in [5, 5.41) is 7.96. The smallest absolute Gasteiger partial charge is 0.404 e. The van der Waals surface area contributed by atoms with E-state index in [1.807, 2.05) is 30.3 Å². The molecule has 0 saturated heterocycles. The molecule has 0 unspecified atom stereocenters. The predicted molar refractivity (Wildman–Crippen MR) is 90.8 cm³/mol. The summed E-state index contributed by atoms with van der Waals surface area (Å²) in [5.41, 5.74) is 6.75. The number of Topliss-reactive ketones (excluding diaryl/α,β-unsaturated/α-hetero) is 1. The second kappa shape index (κ2) is 7.40. The molecule has 0 radical (unpaired) electrons. The number of carbonyl (C=O) groups excluding carboxylic acids is 1. The highest BCUT2D eigenvalue weighted by molar-refractivity contribution is 5.98. The van der Waals surface area contributed by atoms with Gasteiger partial charge in [0.25, 0.3) is 0 Å². The fourth-order valence-electron chi connectivity index (χ4n) is 2.31. The summed E-state index contributed by atoms with van der Waals surface area (Å²) >= 11 is 0. The van der Waals surface area contributed by atoms with Crippen LogP contribution in [0.2, 0.25) is 0 Å². The standard InChI is InChI=1S/C18H13F3N4O2/c19-18(20,21)27-16-7-6-12(8-13(16)22)15(26)9-17-23-10-14(24-25-17)11-4-2-1-3-5-11/h1-8,10H,9,22H2. The Morgan fingerprint density at radius 1 is 1.07 bits per heavy atom. The molecule has 6 nitrogen and oxygen atoms in total. The molecular weight excluding hydrogens is 361 g/mol. The Kier molecular flexibility index (Phi) is 5.02. The molecule has 0 atom stereocenters. The van der Waals surface area contributed by atoms with Crippen LogP contribution in [0, 0.1) is 0 Å². The van der Waals surface area contributed by atoms with Crippen LogP contribution in [0.5, 0.6) is 5.75 Å². The van der Waals surface area contributed by atoms with Crippen molar-refractivity contribution in [3.05, 3.63) is 66.1 Å². The molecule has 0 amide bonds. The number of hydrogen-bond donors (Lipinski definition) is 1. The quantitative estimate of drug-likeness (QED) is 0.543. The minimum absolute atomic E-state index is 0.123. The van der Waals surface area contributed by atoms with Gasteiger partial charge in [-0.25, -0.2) is 4.98 Å². The van der Waals surface area contributed by atoms with Gasteiger partial charge in [0, 0.05) is 11.1 Å². The molecule has 2 aromatic carbocycles. The average molecular weight is 374 g/mol. The van der Waals surface area contributed by atoms with Gasteiger partial charge in [-0.1, -0.05) is 30.3 Å². The van der Waals surface area contributed by atoms with Crippen molar-refractivity contribution in [2.45, 2.75) is 12.8 Å². The molecule has 3 aromatic rings. The van der Waals surface area contributed by atoms with Gasteiger partial charge in [0.1, 0.15) is 5.69 Å². The Bertz CT molecular complexity index is 945. The second-order valence-corrected chi connectivity index (χ2v) is 5.53. The van der Waals surface area contributed by atoms with Crippen LogP contribution in [0.15, 0.2) is 54.7 Å². The van der Waals surface area contributed by atoms with Crippen molar-refractivity contribution >= 4 is 11.5 Å². The van der Waals surface area contributed by atoms with Crippen LogP contribution in [0.25, 0.3) is 11.3 Å². The molecule has 3 rings (SSSR count). The van der Waals surface area contributed by atoms with Crippen molar-refractivity contribution in [1.82, 2.24) is 15.2 Å². The monoisotopic (exact) mass is 374 g/mol. The average Bonchev–Trinajstić information content (AvgIpc) is 2.63. The Balaban J connectivity index is 1.71. The number of nitrogen functional groups attached to an aromatic ring is 1. The Morgan fingerprint density at radius 2 is 1.81 bits per heavy atom. The van der Waals surface area contributed by atoms with Gasteiger partial charge in [-0.3, -0.25) is 4.79 Å². The van der Waals surface area contributed by atoms with Crippen LogP contribution < -0.4 is 10.5 Å². The molecule has 0 aliphatic rings. The molecular formula is C18H13F3N4O2. The van der Waals surface area contributed by atoms with Crippen LogP contribution in [0.1, 0.15) is 16.2 Å². The molecule has 138 valence electrons. The van der Waals surface area contributed by atoms with E-state index in [1.54, 1.807) is 0 Å². The molecule has 0 saturated carbocycles. The minimum Gasteiger partial charge on any atom is -0.404 e. The molecule has 1 aromatic heterocycles. The number of nitrogens with zero attached hydrogens (tertiary/aromatic N) is 3. The van der Waals surface area contributed by atoms with Gasteiger partial charge in [0.15, 0.2) is 17.4 Å². The van der Waals surface area contributed by atoms with E-state index in [0.717, 1.165) is 17.7 Å². The van der Waals surface area contributed by atoms with Crippen molar-refractivity contribution in [2.24, 2.45) is 0 Å². The van der Waals surface area contributed by atoms with E-state index in [2.05, 4.69) is 19.9 Å². The summed E-state index contributed by atoms with van der Waals surface area (Å²) in [6.07, 6.45) is -3.53. The molecule has 0 spiro atoms. The van der Waals surface area contributed by atoms with Crippen molar-refractivity contribution in [1.29, 1.82) is 0 Å². The second-order valence-electron chi connectivity index (χ2n) is 5.53. The first kappa shape index (κ1) is 18.3. The number of carbonyl (C=O) groups is 1. The number of anilines is 1. The number of alkyl halides is 3. The summed E-state index contributed by atoms with van der Waals surface area (Å²) in [7, 11) is 0. The van der Waals surface area contributed by atoms with Crippen molar-refractivity contribution in [2.75, 3.05) is 5.73 Å². The number of ether oxygens (including phenoxy) is 1. The summed E-state index contributed by atoms with van der Waals surface area (Å²) in [6.45, 7) is 0. The molecule has 2 N–H and O–H groups in total. The zero-order chi connectivity index (χ0) is 19.4. The van der Waals surface area contributed by atoms with E-state index < -0.39 is 17.9 Å². The van der Waals surface area contributed by atoms with E-state index >= 15 is 0 Å². The zero-order valence-electron chi connectivity index (χ0n) is 13.8. The first-order valence-electron chi connectivity index (χ1n) is 7.74. The van der Waals surface area contributed by atoms with Crippen LogP contribution in [0.4, 0.5) is 18.9 Å². The van der Waals surface area contributed by atoms with Crippen LogP contribution >= 0.6 is 0 Å². The lowest BCUT2D eigenvalue weighted by Crippen LogP contribution is -2.18. The third-order valence-electron chi connectivity index (χ3n) is 3.55. The molecule has 1 heterocycles. The third kappa shape index (κ3) is 4.78. The van der Waals surface area contributed by atoms with E-state index in [0.29, 0.717) is 5.69 Å². The maximum atomic E-state index is 12.3. The number of nitrogens with two attached hydrogens (primary N) is 1. The van der Waals surface area contributed by atoms with Crippen LogP contribution in [-0.4, -0.2) is 27.3 Å². The summed E-state index contributed by atoms with van der Waals surface area (Å²) in [5.74, 6) is -0.785. The van der Waals surface area contributed by atoms with Crippen LogP contribution in [-0.2, 0) is 6.42 Å². The van der Waals surface area contributed by atoms with Gasteiger partial charge in [0.2, 0.25) is 0 Å². The number of aromatic nitrogens is 3. The molecule has 0 bridgehead atoms. The summed E-state index contributed by atoms with van der Waals surface area (Å²) in [4.78, 5) is 16.4. The normalized spacial score (nSPS) is 11.2. The molecule has 9 heteroatoms. The van der Waals surface area contributed by atoms with Gasteiger partial charge < -0.3 is 10.5 Å². The molecule has 0 aliphatic carbocycles. The van der Waals surface area contributed by atoms with Crippen molar-refractivity contribution in [3.8, 4) is 17.0 Å². The van der Waals surface area contributed by atoms with Gasteiger partial charge in [-0.2, -0.15) is 0 Å². The first-order valence-corrected chi connectivity index (χ1v) is 7.74. The van der Waals surface area contributed by atoms with Crippen LogP contribution in [0.3, 0.4) is 0 Å². The highest BCUT2D eigenvalue weighted by Crippen LogP contribution is 2.29. The maximum Gasteiger partial charge on any atom is 0.573 e. The molecule has 0 aliphatic heterocycles. The Hall–Kier alpha value is -3.49. The third-order valence-corrected chi connectivity index (χ3v) is 3.55. The van der Waals surface area contributed by atoms with Gasteiger partial charge in [-0.15, -0.1) is 23.4 Å². The number of halogens is 3. The van der Waals surface area contributed by atoms with Gasteiger partial charge in [0.05, 0.1) is 18.3 Å². The summed E-state index contributed by atoms with van der Waals surface area (Å²) in [6, 6.07) is 12.6. The fourth-order valence-corrected chi connectivity index (χ4v) is 2.31. The fraction of sp³-hybridized carbons (Fsp3) is 0.111. The number of benzene rings is 2. The zero-order valence-corrected chi connectivity index (χ0v) is 13.8. The summed E-state index contributed by atoms with van der Waals surface area (Å²) < 4.78 is 40.5. The lowest BCUT2D eigenvalue weighted by molar-refractivity contribution is -0.274. The van der Waals surface area contributed by atoms with Gasteiger partial charge >= 0.3 is 6.36 Å². The van der Waals surface area contributed by atoms with E-state index in [9.17, 15) is 18.0 Å². The van der Waals surface area contributed by atoms with Crippen molar-refractivity contribution < 1.29 is 22.7 Å². The van der Waals surface area contributed by atoms with Crippen molar-refractivity contribution in [3.63, 3.8) is 0 Å². The maximum absolute atomic E-state index is 12.3. The largest absolute Gasteiger partial charge is 0.573 e. The Labute approximate surface area is 151 Å². The van der Waals surface area contributed by atoms with E-state index in [1.165, 1.54) is 12.3 Å². The molecule has 0 fully saturated rings. The highest BCUT2D eigenvalue weighted by Gasteiger charge is 2.32. The SMILES string of the molecule is Nc1cc(C(=O)Cc2ncc(-c3ccccc3)nn2)ccc1OC(F)(F)F. The number of rotatable bonds is 5. The lowest BCUT2D eigenvalue weighted by Gasteiger charge is -2.11. The number of ketones is 1. The topological polar surface area (TPSA) is 91.0 Å². The predicted octanol–water partition coefficient (Wildman–Crippen LogP) is 3.44. The van der Waals surface area contributed by atoms with Gasteiger partial charge in [-0.05, 0) is 18.2 Å². The minimum atomic E-state index is -4.86. The lowest BCUT2D eigenvalue weighted by atomic mass is 10.1. The van der Waals surface area contributed by atoms with E-state index in [4.69, 9.17) is 5.73 Å². The van der Waals surface area contributed by atoms with E-state index in [-0.39, 0.29) is 23.5 Å². The Morgan fingerprint density at radius 3 is 2.41 bits per heavy atom. The number of hydrogen-bond acceptors (Lipinski definition) is 6. The highest BCUT2D eigenvalue weighted by atomic mass is 19.4.